The summed E-state index contributed by atoms with van der Waals surface area (Å²) in [5.74, 6) is 0.167. The highest BCUT2D eigenvalue weighted by molar-refractivity contribution is 6.23. The Morgan fingerprint density at radius 1 is 1.15 bits per heavy atom. The van der Waals surface area contributed by atoms with E-state index in [2.05, 4.69) is 24.4 Å². The minimum absolute atomic E-state index is 0.146. The Kier molecular flexibility index (Phi) is 5.56. The van der Waals surface area contributed by atoms with Gasteiger partial charge in [-0.3, -0.25) is 9.59 Å². The molecule has 0 bridgehead atoms. The van der Waals surface area contributed by atoms with Crippen molar-refractivity contribution in [2.24, 2.45) is 0 Å². The minimum Gasteiger partial charge on any atom is -0.497 e. The second kappa shape index (κ2) is 8.04. The number of nitrogens with zero attached hydrogens (tertiary/aromatic N) is 1. The summed E-state index contributed by atoms with van der Waals surface area (Å²) in [6.45, 7) is 2.17. The molecule has 0 saturated carbocycles. The molecule has 2 aromatic carbocycles. The molecule has 1 aliphatic heterocycles. The number of benzene rings is 2. The van der Waals surface area contributed by atoms with Crippen molar-refractivity contribution in [1.29, 1.82) is 0 Å². The van der Waals surface area contributed by atoms with E-state index in [-0.39, 0.29) is 18.2 Å². The van der Waals surface area contributed by atoms with Crippen molar-refractivity contribution in [1.82, 2.24) is 0 Å². The van der Waals surface area contributed by atoms with Crippen LogP contribution >= 0.6 is 0 Å². The van der Waals surface area contributed by atoms with Gasteiger partial charge in [-0.15, -0.1) is 0 Å². The molecule has 1 fully saturated rings. The first-order valence-electron chi connectivity index (χ1n) is 8.98. The number of hydrogen-bond donors (Lipinski definition) is 1. The molecule has 0 spiro atoms. The third kappa shape index (κ3) is 3.87. The predicted molar refractivity (Wildman–Crippen MR) is 103 cm³/mol. The summed E-state index contributed by atoms with van der Waals surface area (Å²) in [5, 5.41) is 3.19. The average Bonchev–Trinajstić information content (AvgIpc) is 2.94. The summed E-state index contributed by atoms with van der Waals surface area (Å²) in [6.07, 6.45) is 3.53. The first kappa shape index (κ1) is 18.0. The average molecular weight is 352 g/mol. The molecular formula is C21H24N2O3. The fourth-order valence-electron chi connectivity index (χ4n) is 3.12. The predicted octanol–water partition coefficient (Wildman–Crippen LogP) is 3.78. The zero-order valence-corrected chi connectivity index (χ0v) is 15.2. The van der Waals surface area contributed by atoms with Gasteiger partial charge in [-0.05, 0) is 42.7 Å². The maximum Gasteiger partial charge on any atom is 0.256 e. The molecule has 0 radical (unpaired) electrons. The van der Waals surface area contributed by atoms with Crippen LogP contribution in [-0.2, 0) is 16.0 Å². The highest BCUT2D eigenvalue weighted by Crippen LogP contribution is 2.27. The van der Waals surface area contributed by atoms with Crippen molar-refractivity contribution in [3.63, 3.8) is 0 Å². The third-order valence-electron chi connectivity index (χ3n) is 4.57. The molecular weight excluding hydrogens is 328 g/mol. The van der Waals surface area contributed by atoms with Crippen LogP contribution in [0, 0.1) is 0 Å². The molecule has 3 rings (SSSR count). The highest BCUT2D eigenvalue weighted by Gasteiger charge is 2.39. The van der Waals surface area contributed by atoms with E-state index < -0.39 is 6.04 Å². The molecule has 1 heterocycles. The van der Waals surface area contributed by atoms with Crippen LogP contribution in [0.1, 0.15) is 31.7 Å². The van der Waals surface area contributed by atoms with Gasteiger partial charge >= 0.3 is 0 Å². The number of carbonyl (C=O) groups excluding carboxylic acids is 2. The van der Waals surface area contributed by atoms with Crippen molar-refractivity contribution >= 4 is 23.2 Å². The van der Waals surface area contributed by atoms with Gasteiger partial charge in [0.15, 0.2) is 0 Å². The minimum atomic E-state index is -0.546. The third-order valence-corrected chi connectivity index (χ3v) is 4.57. The van der Waals surface area contributed by atoms with E-state index in [9.17, 15) is 9.59 Å². The maximum atomic E-state index is 12.7. The largest absolute Gasteiger partial charge is 0.497 e. The second-order valence-electron chi connectivity index (χ2n) is 6.47. The number of methoxy groups -OCH3 is 1. The van der Waals surface area contributed by atoms with Gasteiger partial charge in [0.05, 0.1) is 19.2 Å². The molecule has 1 saturated heterocycles. The number of nitrogens with one attached hydrogen (secondary N) is 1. The number of anilines is 2. The van der Waals surface area contributed by atoms with Crippen molar-refractivity contribution < 1.29 is 14.3 Å². The van der Waals surface area contributed by atoms with E-state index in [1.54, 1.807) is 31.4 Å². The van der Waals surface area contributed by atoms with Gasteiger partial charge in [0, 0.05) is 11.8 Å². The van der Waals surface area contributed by atoms with Gasteiger partial charge in [-0.1, -0.05) is 31.5 Å². The lowest BCUT2D eigenvalue weighted by Crippen LogP contribution is -2.34. The van der Waals surface area contributed by atoms with Crippen LogP contribution in [0.25, 0.3) is 0 Å². The Morgan fingerprint density at radius 2 is 1.92 bits per heavy atom. The van der Waals surface area contributed by atoms with E-state index in [0.717, 1.165) is 18.5 Å². The molecule has 1 aliphatic rings. The smallest absolute Gasteiger partial charge is 0.256 e. The summed E-state index contributed by atoms with van der Waals surface area (Å²) < 4.78 is 5.18. The molecule has 0 aliphatic carbocycles. The topological polar surface area (TPSA) is 58.6 Å². The van der Waals surface area contributed by atoms with Gasteiger partial charge in [0.1, 0.15) is 11.8 Å². The number of hydrogen-bond acceptors (Lipinski definition) is 4. The number of ether oxygens (including phenoxy) is 1. The number of rotatable bonds is 7. The molecule has 2 aromatic rings. The summed E-state index contributed by atoms with van der Waals surface area (Å²) in [4.78, 5) is 26.3. The molecule has 5 nitrogen and oxygen atoms in total. The van der Waals surface area contributed by atoms with E-state index in [1.165, 1.54) is 16.9 Å². The highest BCUT2D eigenvalue weighted by atomic mass is 16.5. The van der Waals surface area contributed by atoms with Gasteiger partial charge in [0.25, 0.3) is 5.91 Å². The fourth-order valence-corrected chi connectivity index (χ4v) is 3.12. The Hall–Kier alpha value is -2.82. The Balaban J connectivity index is 1.70. The monoisotopic (exact) mass is 352 g/mol. The zero-order chi connectivity index (χ0) is 18.5. The molecule has 1 unspecified atom stereocenters. The van der Waals surface area contributed by atoms with Crippen LogP contribution in [0.4, 0.5) is 11.4 Å². The molecule has 2 amide bonds. The van der Waals surface area contributed by atoms with E-state index in [0.29, 0.717) is 11.4 Å². The van der Waals surface area contributed by atoms with Crippen LogP contribution < -0.4 is 15.0 Å². The van der Waals surface area contributed by atoms with Crippen molar-refractivity contribution in [3.05, 3.63) is 54.1 Å². The summed E-state index contributed by atoms with van der Waals surface area (Å²) in [6, 6.07) is 14.5. The molecule has 1 atom stereocenters. The first-order chi connectivity index (χ1) is 12.6. The molecule has 0 aromatic heterocycles. The fraction of sp³-hybridized carbons (Fsp3) is 0.333. The lowest BCUT2D eigenvalue weighted by molar-refractivity contribution is -0.121. The van der Waals surface area contributed by atoms with Gasteiger partial charge in [-0.25, -0.2) is 4.90 Å². The van der Waals surface area contributed by atoms with Gasteiger partial charge in [0.2, 0.25) is 5.91 Å². The van der Waals surface area contributed by atoms with Crippen LogP contribution in [0.2, 0.25) is 0 Å². The van der Waals surface area contributed by atoms with Gasteiger partial charge < -0.3 is 10.1 Å². The molecule has 26 heavy (non-hydrogen) atoms. The number of aryl methyl sites for hydroxylation is 1. The van der Waals surface area contributed by atoms with E-state index >= 15 is 0 Å². The lowest BCUT2D eigenvalue weighted by atomic mass is 10.1. The van der Waals surface area contributed by atoms with Crippen LogP contribution in [0.15, 0.2) is 48.5 Å². The summed E-state index contributed by atoms with van der Waals surface area (Å²) in [5.41, 5.74) is 2.67. The zero-order valence-electron chi connectivity index (χ0n) is 15.2. The lowest BCUT2D eigenvalue weighted by Gasteiger charge is -2.17. The quantitative estimate of drug-likeness (QED) is 0.771. The molecule has 136 valence electrons. The van der Waals surface area contributed by atoms with Crippen molar-refractivity contribution in [2.45, 2.75) is 38.6 Å². The summed E-state index contributed by atoms with van der Waals surface area (Å²) in [7, 11) is 1.56. The number of carbonyl (C=O) groups is 2. The standard InChI is InChI=1S/C21H24N2O3/c1-3-4-6-15-9-11-16(12-10-15)22-19-14-20(24)23(21(19)25)17-7-5-8-18(13-17)26-2/h5,7-13,19,22H,3-4,6,14H2,1-2H3. The SMILES string of the molecule is CCCCc1ccc(NC2CC(=O)N(c3cccc(OC)c3)C2=O)cc1. The van der Waals surface area contributed by atoms with Crippen molar-refractivity contribution in [3.8, 4) is 5.75 Å². The number of unbranched alkanes of at least 4 members (excludes halogenated alkanes) is 1. The van der Waals surface area contributed by atoms with E-state index in [1.807, 2.05) is 12.1 Å². The Labute approximate surface area is 154 Å². The summed E-state index contributed by atoms with van der Waals surface area (Å²) >= 11 is 0. The normalized spacial score (nSPS) is 16.8. The van der Waals surface area contributed by atoms with Crippen molar-refractivity contribution in [2.75, 3.05) is 17.3 Å². The van der Waals surface area contributed by atoms with Crippen LogP contribution in [-0.4, -0.2) is 25.0 Å². The molecule has 5 heteroatoms. The van der Waals surface area contributed by atoms with Crippen LogP contribution in [0.5, 0.6) is 5.75 Å². The first-order valence-corrected chi connectivity index (χ1v) is 8.98. The second-order valence-corrected chi connectivity index (χ2v) is 6.47. The Morgan fingerprint density at radius 3 is 2.62 bits per heavy atom. The van der Waals surface area contributed by atoms with Gasteiger partial charge in [-0.2, -0.15) is 0 Å². The molecule has 1 N–H and O–H groups in total. The Bertz CT molecular complexity index is 786. The number of amides is 2. The van der Waals surface area contributed by atoms with Crippen LogP contribution in [0.3, 0.4) is 0 Å². The number of imide groups is 1. The van der Waals surface area contributed by atoms with E-state index in [4.69, 9.17) is 4.74 Å². The maximum absolute atomic E-state index is 12.7.